The van der Waals surface area contributed by atoms with Crippen LogP contribution in [-0.2, 0) is 105 Å². The molecular weight excluding hydrogens is 1570 g/mol. The molecule has 0 aliphatic heterocycles. The lowest BCUT2D eigenvalue weighted by Crippen LogP contribution is -2.59. The van der Waals surface area contributed by atoms with Crippen molar-refractivity contribution in [2.24, 2.45) is 115 Å². The van der Waals surface area contributed by atoms with Crippen LogP contribution < -0.4 is 0 Å². The highest BCUT2D eigenvalue weighted by Crippen LogP contribution is 2.68. The minimum absolute atomic E-state index is 0.0436. The number of hydrogen-bond donors (Lipinski definition) is 4. The number of esters is 10. The summed E-state index contributed by atoms with van der Waals surface area (Å²) in [6, 6.07) is 0. The Hall–Kier alpha value is -6.54. The number of aliphatic hydroxyl groups is 4. The van der Waals surface area contributed by atoms with Crippen molar-refractivity contribution in [3.8, 4) is 0 Å². The summed E-state index contributed by atoms with van der Waals surface area (Å²) in [5, 5.41) is 44.0. The van der Waals surface area contributed by atoms with Crippen molar-refractivity contribution < 1.29 is 152 Å². The lowest BCUT2D eigenvalue weighted by Gasteiger charge is -2.59. The minimum Gasteiger partial charge on any atom is -0.465 e. The van der Waals surface area contributed by atoms with Crippen molar-refractivity contribution >= 4 is 71.3 Å². The molecule has 24 rings (SSSR count). The van der Waals surface area contributed by atoms with Crippen LogP contribution in [0.15, 0.2) is 0 Å². The van der Waals surface area contributed by atoms with Gasteiger partial charge in [0.1, 0.15) is 50.7 Å². The molecule has 0 aromatic carbocycles. The Morgan fingerprint density at radius 1 is 0.311 bits per heavy atom. The molecule has 24 saturated carbocycles. The molecule has 32 heteroatoms. The van der Waals surface area contributed by atoms with Crippen molar-refractivity contribution in [2.75, 3.05) is 46.2 Å². The third kappa shape index (κ3) is 17.3. The SMILES string of the molecule is CC(F)(F)C(=O)OCC(=O)OC(CCOC(=O)C12CC3CC(CC(O)(C3)C1)C2)COC(=O)C12CC3CC(CC(O)(C3)C1)C2.CC(F)(F)C(=O)OCC(COC(=O)C12CC3CC(C1)C(=O)C(C3)C2)OC(=O)C12CC3CC(C1)C(=O)C(C3)C2.CC(F)(F)C(=O)OCC(COC(=O)C12CC3CC(CC(O)(C3)C1)C2)OC(=O)C12CC3CC(CC(O)(C3)C1)C2. The number of ether oxygens (including phenoxy) is 10. The Bertz CT molecular complexity index is 3970. The summed E-state index contributed by atoms with van der Waals surface area (Å²) in [5.41, 5.74) is -8.29. The highest BCUT2D eigenvalue weighted by Gasteiger charge is 2.67. The van der Waals surface area contributed by atoms with Crippen LogP contribution in [0.1, 0.15) is 245 Å². The number of carbonyl (C=O) groups is 12. The summed E-state index contributed by atoms with van der Waals surface area (Å²) in [7, 11) is 0. The first kappa shape index (κ1) is 86.0. The van der Waals surface area contributed by atoms with E-state index in [1.165, 1.54) is 0 Å². The molecule has 119 heavy (non-hydrogen) atoms. The zero-order valence-electron chi connectivity index (χ0n) is 68.1. The Labute approximate surface area is 685 Å². The summed E-state index contributed by atoms with van der Waals surface area (Å²) in [6.07, 6.45) is 18.3. The van der Waals surface area contributed by atoms with Crippen molar-refractivity contribution in [2.45, 2.75) is 304 Å². The van der Waals surface area contributed by atoms with Crippen molar-refractivity contribution in [1.82, 2.24) is 0 Å². The van der Waals surface area contributed by atoms with Crippen LogP contribution >= 0.6 is 0 Å². The number of rotatable bonds is 27. The summed E-state index contributed by atoms with van der Waals surface area (Å²) in [5.74, 6) is -18.2. The Morgan fingerprint density at radius 3 is 0.874 bits per heavy atom. The molecule has 0 aromatic heterocycles. The molecule has 0 amide bonds. The summed E-state index contributed by atoms with van der Waals surface area (Å²) >= 11 is 0. The maximum atomic E-state index is 13.5. The van der Waals surface area contributed by atoms with E-state index < -0.39 is 184 Å². The van der Waals surface area contributed by atoms with Crippen molar-refractivity contribution in [3.63, 3.8) is 0 Å². The number of ketones is 2. The lowest BCUT2D eigenvalue weighted by molar-refractivity contribution is -0.210. The average molecular weight is 1690 g/mol. The standard InChI is InChI=1S/C31H42F2O10.C28H38F2O8.C28H34F2O8/c1-27(32,33)24(35)42-15-23(34)43-22(14-41-26(37)29-8-20-5-21(9-29)13-31(39,12-20)17-29)2-3-40-25(36)28-6-18-4-19(7-28)11-30(38,10-18)16-28;1-24(29,30)21(31)36-12-20(38-23(33)26-6-18-3-19(7-26)11-28(35,10-18)15-26)13-37-22(32)25-4-16-2-17(5-25)9-27(34,8-16)14-25;1-26(29,30)23(33)36-12-20(38-25(35)28-7-15-4-18(10-28)22(32)19(5-15)11-28)13-37-24(34)27-6-14-2-16(8-27)21(31)17(3-14)9-27/h18-22,38-39H,2-17H2,1H3;16-20,34-35H,2-15H2,1H3;14-20H,2-13H2,1H3. The summed E-state index contributed by atoms with van der Waals surface area (Å²) < 4.78 is 133. The molecular formula is C87H114F6O26. The van der Waals surface area contributed by atoms with E-state index in [-0.39, 0.29) is 115 Å². The highest BCUT2D eigenvalue weighted by atomic mass is 19.3. The van der Waals surface area contributed by atoms with Crippen LogP contribution in [0, 0.1) is 115 Å². The van der Waals surface area contributed by atoms with Gasteiger partial charge in [-0.25, -0.2) is 19.2 Å². The number of carbonyl (C=O) groups excluding carboxylic acids is 12. The van der Waals surface area contributed by atoms with E-state index in [4.69, 9.17) is 42.6 Å². The molecule has 0 spiro atoms. The van der Waals surface area contributed by atoms with Gasteiger partial charge in [0.05, 0.1) is 61.5 Å². The van der Waals surface area contributed by atoms with Gasteiger partial charge in [-0.1, -0.05) is 0 Å². The molecule has 24 fully saturated rings. The second-order valence-corrected chi connectivity index (χ2v) is 42.2. The fourth-order valence-corrected chi connectivity index (χ4v) is 29.2. The molecule has 24 bridgehead atoms. The van der Waals surface area contributed by atoms with Crippen LogP contribution in [-0.4, -0.2) is 196 Å². The first-order valence-corrected chi connectivity index (χ1v) is 43.6. The van der Waals surface area contributed by atoms with Crippen molar-refractivity contribution in [3.05, 3.63) is 0 Å². The number of alkyl halides is 6. The smallest absolute Gasteiger partial charge is 0.377 e. The molecule has 15 unspecified atom stereocenters. The van der Waals surface area contributed by atoms with Gasteiger partial charge in [-0.05, 0) is 277 Å². The maximum absolute atomic E-state index is 13.5. The van der Waals surface area contributed by atoms with Gasteiger partial charge in [0.25, 0.3) is 0 Å². The van der Waals surface area contributed by atoms with Gasteiger partial charge in [0.2, 0.25) is 0 Å². The Kier molecular flexibility index (Phi) is 22.2. The van der Waals surface area contributed by atoms with Crippen LogP contribution in [0.25, 0.3) is 0 Å². The first-order valence-electron chi connectivity index (χ1n) is 43.6. The first-order chi connectivity index (χ1) is 55.6. The normalized spacial score (nSPS) is 42.4. The average Bonchev–Trinajstić information content (AvgIpc) is 0.754. The molecule has 0 heterocycles. The fourth-order valence-electron chi connectivity index (χ4n) is 29.2. The topological polar surface area (TPSA) is 378 Å². The number of hydrogen-bond acceptors (Lipinski definition) is 26. The Balaban J connectivity index is 0.000000133. The third-order valence-corrected chi connectivity index (χ3v) is 31.6. The molecule has 660 valence electrons. The molecule has 0 aromatic rings. The fraction of sp³-hybridized carbons (Fsp3) is 0.862. The van der Waals surface area contributed by atoms with Crippen LogP contribution in [0.3, 0.4) is 0 Å². The molecule has 26 nitrogen and oxygen atoms in total. The van der Waals surface area contributed by atoms with E-state index >= 15 is 0 Å². The predicted molar refractivity (Wildman–Crippen MR) is 393 cm³/mol. The van der Waals surface area contributed by atoms with Gasteiger partial charge in [-0.3, -0.25) is 38.4 Å². The van der Waals surface area contributed by atoms with Gasteiger partial charge < -0.3 is 67.8 Å². The molecule has 0 radical (unpaired) electrons. The van der Waals surface area contributed by atoms with E-state index in [0.717, 1.165) is 51.4 Å². The third-order valence-electron chi connectivity index (χ3n) is 31.6. The largest absolute Gasteiger partial charge is 0.465 e. The van der Waals surface area contributed by atoms with E-state index in [0.29, 0.717) is 187 Å². The maximum Gasteiger partial charge on any atom is 0.377 e. The van der Waals surface area contributed by atoms with E-state index in [1.807, 2.05) is 0 Å². The van der Waals surface area contributed by atoms with E-state index in [1.54, 1.807) is 0 Å². The Morgan fingerprint density at radius 2 is 0.563 bits per heavy atom. The highest BCUT2D eigenvalue weighted by molar-refractivity contribution is 5.91. The van der Waals surface area contributed by atoms with Crippen LogP contribution in [0.2, 0.25) is 0 Å². The van der Waals surface area contributed by atoms with E-state index in [2.05, 4.69) is 4.74 Å². The number of halogens is 6. The van der Waals surface area contributed by atoms with Crippen molar-refractivity contribution in [1.29, 1.82) is 0 Å². The summed E-state index contributed by atoms with van der Waals surface area (Å²) in [4.78, 5) is 153. The number of Topliss-reactive ketones (excluding diaryl/α,β-unsaturated/α-hetero) is 2. The summed E-state index contributed by atoms with van der Waals surface area (Å²) in [6.45, 7) is -2.62. The molecule has 4 N–H and O–H groups in total. The van der Waals surface area contributed by atoms with E-state index in [9.17, 15) is 104 Å². The van der Waals surface area contributed by atoms with Gasteiger partial charge in [-0.2, -0.15) is 26.3 Å². The molecule has 15 atom stereocenters. The molecule has 0 saturated heterocycles. The second kappa shape index (κ2) is 30.7. The quantitative estimate of drug-likeness (QED) is 0.0337. The van der Waals surface area contributed by atoms with Crippen LogP contribution in [0.5, 0.6) is 0 Å². The zero-order chi connectivity index (χ0) is 85.0. The predicted octanol–water partition coefficient (Wildman–Crippen LogP) is 9.97. The molecule has 24 aliphatic rings. The minimum atomic E-state index is -3.78. The zero-order valence-corrected chi connectivity index (χ0v) is 68.1. The van der Waals surface area contributed by atoms with Gasteiger partial charge in [0.15, 0.2) is 18.8 Å². The van der Waals surface area contributed by atoms with Gasteiger partial charge in [0, 0.05) is 50.9 Å². The monoisotopic (exact) mass is 1690 g/mol. The second-order valence-electron chi connectivity index (χ2n) is 42.2. The van der Waals surface area contributed by atoms with Gasteiger partial charge in [-0.15, -0.1) is 0 Å². The van der Waals surface area contributed by atoms with Crippen LogP contribution in [0.4, 0.5) is 26.3 Å². The van der Waals surface area contributed by atoms with Gasteiger partial charge >= 0.3 is 77.5 Å². The lowest BCUT2D eigenvalue weighted by atomic mass is 9.48. The molecule has 24 aliphatic carbocycles.